The van der Waals surface area contributed by atoms with Crippen LogP contribution in [0.25, 0.3) is 0 Å². The number of amides is 1. The Balaban J connectivity index is 1.22. The maximum atomic E-state index is 12.9. The molecule has 0 radical (unpaired) electrons. The highest BCUT2D eigenvalue weighted by Crippen LogP contribution is 2.58. The van der Waals surface area contributed by atoms with Crippen LogP contribution in [0.1, 0.15) is 69.4 Å². The van der Waals surface area contributed by atoms with Crippen LogP contribution in [-0.2, 0) is 22.6 Å². The van der Waals surface area contributed by atoms with Gasteiger partial charge >= 0.3 is 0 Å². The van der Waals surface area contributed by atoms with E-state index in [0.29, 0.717) is 6.54 Å². The van der Waals surface area contributed by atoms with E-state index >= 15 is 0 Å². The molecule has 4 saturated carbocycles. The van der Waals surface area contributed by atoms with E-state index in [0.717, 1.165) is 44.4 Å². The van der Waals surface area contributed by atoms with Gasteiger partial charge in [0.15, 0.2) is 0 Å². The molecule has 4 bridgehead atoms. The molecule has 1 aromatic rings. The lowest BCUT2D eigenvalue weighted by molar-refractivity contribution is -0.176. The number of benzene rings is 1. The van der Waals surface area contributed by atoms with Crippen molar-refractivity contribution in [1.82, 2.24) is 10.2 Å². The molecule has 1 N–H and O–H groups in total. The van der Waals surface area contributed by atoms with E-state index in [9.17, 15) is 4.79 Å². The average molecular weight is 383 g/mol. The van der Waals surface area contributed by atoms with Crippen molar-refractivity contribution in [3.63, 3.8) is 0 Å². The van der Waals surface area contributed by atoms with Gasteiger partial charge in [-0.3, -0.25) is 4.79 Å². The van der Waals surface area contributed by atoms with E-state index in [2.05, 4.69) is 36.5 Å². The Morgan fingerprint density at radius 2 is 1.82 bits per heavy atom. The smallest absolute Gasteiger partial charge is 0.237 e. The molecule has 1 heterocycles. The summed E-state index contributed by atoms with van der Waals surface area (Å²) >= 11 is 0. The highest BCUT2D eigenvalue weighted by Gasteiger charge is 2.58. The number of nitrogens with one attached hydrogen (secondary N) is 1. The maximum absolute atomic E-state index is 12.9. The number of nitrogens with zero attached hydrogens (tertiary/aromatic N) is 1. The van der Waals surface area contributed by atoms with E-state index in [4.69, 9.17) is 4.74 Å². The zero-order chi connectivity index (χ0) is 19.2. The van der Waals surface area contributed by atoms with E-state index in [1.165, 1.54) is 49.7 Å². The summed E-state index contributed by atoms with van der Waals surface area (Å²) in [7, 11) is 0. The summed E-state index contributed by atoms with van der Waals surface area (Å²) in [5.41, 5.74) is 2.81. The van der Waals surface area contributed by atoms with Crippen molar-refractivity contribution in [2.45, 2.75) is 82.5 Å². The van der Waals surface area contributed by atoms with Gasteiger partial charge in [-0.1, -0.05) is 37.6 Å². The minimum atomic E-state index is 0.0825. The molecule has 0 aromatic heterocycles. The van der Waals surface area contributed by atoms with Crippen LogP contribution in [0.2, 0.25) is 0 Å². The Morgan fingerprint density at radius 3 is 2.46 bits per heavy atom. The van der Waals surface area contributed by atoms with Crippen molar-refractivity contribution in [2.24, 2.45) is 11.8 Å². The maximum Gasteiger partial charge on any atom is 0.237 e. The minimum Gasteiger partial charge on any atom is -0.375 e. The lowest BCUT2D eigenvalue weighted by atomic mass is 9.51. The third kappa shape index (κ3) is 3.39. The quantitative estimate of drug-likeness (QED) is 0.724. The van der Waals surface area contributed by atoms with Gasteiger partial charge in [-0.2, -0.15) is 0 Å². The number of fused-ring (bicyclic) bond motifs is 1. The van der Waals surface area contributed by atoms with Crippen LogP contribution >= 0.6 is 0 Å². The Morgan fingerprint density at radius 1 is 1.14 bits per heavy atom. The lowest BCUT2D eigenvalue weighted by Crippen LogP contribution is -2.66. The zero-order valence-electron chi connectivity index (χ0n) is 17.2. The van der Waals surface area contributed by atoms with Gasteiger partial charge in [-0.25, -0.2) is 0 Å². The average Bonchev–Trinajstić information content (AvgIpc) is 3.09. The van der Waals surface area contributed by atoms with Gasteiger partial charge in [0.05, 0.1) is 12.1 Å². The SMILES string of the molecule is CCCCOC12CC3CC(CC(NCC(=O)N4Cc5ccccc5C4)(C3)C1)C2. The van der Waals surface area contributed by atoms with E-state index in [1.807, 2.05) is 4.90 Å². The zero-order valence-corrected chi connectivity index (χ0v) is 17.2. The first-order valence-electron chi connectivity index (χ1n) is 11.3. The summed E-state index contributed by atoms with van der Waals surface area (Å²) in [4.78, 5) is 14.9. The molecule has 4 fully saturated rings. The fourth-order valence-electron chi connectivity index (χ4n) is 6.87. The van der Waals surface area contributed by atoms with Gasteiger partial charge < -0.3 is 15.0 Å². The summed E-state index contributed by atoms with van der Waals surface area (Å²) in [6, 6.07) is 8.43. The normalized spacial score (nSPS) is 35.4. The largest absolute Gasteiger partial charge is 0.375 e. The van der Waals surface area contributed by atoms with Crippen LogP contribution < -0.4 is 5.32 Å². The Kier molecular flexibility index (Phi) is 4.75. The van der Waals surface area contributed by atoms with Crippen molar-refractivity contribution in [3.8, 4) is 0 Å². The van der Waals surface area contributed by atoms with Gasteiger partial charge in [0.2, 0.25) is 5.91 Å². The second-order valence-electron chi connectivity index (χ2n) is 10.00. The summed E-state index contributed by atoms with van der Waals surface area (Å²) in [6.45, 7) is 5.13. The van der Waals surface area contributed by atoms with Crippen molar-refractivity contribution >= 4 is 5.91 Å². The predicted molar refractivity (Wildman–Crippen MR) is 110 cm³/mol. The number of carbonyl (C=O) groups is 1. The lowest BCUT2D eigenvalue weighted by Gasteiger charge is -2.62. The van der Waals surface area contributed by atoms with Crippen LogP contribution in [0.5, 0.6) is 0 Å². The van der Waals surface area contributed by atoms with Crippen LogP contribution in [0.3, 0.4) is 0 Å². The highest BCUT2D eigenvalue weighted by atomic mass is 16.5. The number of carbonyl (C=O) groups excluding carboxylic acids is 1. The van der Waals surface area contributed by atoms with E-state index in [-0.39, 0.29) is 17.0 Å². The minimum absolute atomic E-state index is 0.0825. The molecule has 0 spiro atoms. The first-order chi connectivity index (χ1) is 13.6. The van der Waals surface area contributed by atoms with E-state index < -0.39 is 0 Å². The Hall–Kier alpha value is -1.39. The van der Waals surface area contributed by atoms with Crippen molar-refractivity contribution in [2.75, 3.05) is 13.2 Å². The first-order valence-corrected chi connectivity index (χ1v) is 11.3. The number of rotatable bonds is 7. The number of hydrogen-bond acceptors (Lipinski definition) is 3. The van der Waals surface area contributed by atoms with Gasteiger partial charge in [-0.05, 0) is 67.9 Å². The third-order valence-electron chi connectivity index (χ3n) is 7.72. The van der Waals surface area contributed by atoms with Crippen LogP contribution in [0.4, 0.5) is 0 Å². The second-order valence-corrected chi connectivity index (χ2v) is 10.00. The molecule has 1 aromatic carbocycles. The summed E-state index contributed by atoms with van der Waals surface area (Å²) in [5.74, 6) is 1.80. The van der Waals surface area contributed by atoms with E-state index in [1.54, 1.807) is 0 Å². The molecule has 2 unspecified atom stereocenters. The predicted octanol–water partition coefficient (Wildman–Crippen LogP) is 4.03. The number of unbranched alkanes of at least 4 members (excludes halogenated alkanes) is 1. The second kappa shape index (κ2) is 7.14. The van der Waals surface area contributed by atoms with Gasteiger partial charge in [0.1, 0.15) is 0 Å². The summed E-state index contributed by atoms with van der Waals surface area (Å²) in [6.07, 6.45) is 9.77. The fraction of sp³-hybridized carbons (Fsp3) is 0.708. The number of hydrogen-bond donors (Lipinski definition) is 1. The molecule has 28 heavy (non-hydrogen) atoms. The first kappa shape index (κ1) is 18.6. The third-order valence-corrected chi connectivity index (χ3v) is 7.72. The summed E-state index contributed by atoms with van der Waals surface area (Å²) in [5, 5.41) is 3.77. The van der Waals surface area contributed by atoms with Gasteiger partial charge in [-0.15, -0.1) is 0 Å². The molecule has 6 rings (SSSR count). The number of ether oxygens (including phenoxy) is 1. The van der Waals surface area contributed by atoms with Crippen molar-refractivity contribution < 1.29 is 9.53 Å². The monoisotopic (exact) mass is 382 g/mol. The molecule has 152 valence electrons. The van der Waals surface area contributed by atoms with Gasteiger partial charge in [0.25, 0.3) is 0 Å². The van der Waals surface area contributed by atoms with Crippen molar-refractivity contribution in [1.29, 1.82) is 0 Å². The van der Waals surface area contributed by atoms with Crippen LogP contribution in [0.15, 0.2) is 24.3 Å². The Labute approximate surface area is 169 Å². The molecule has 2 atom stereocenters. The molecule has 1 amide bonds. The molecule has 1 aliphatic heterocycles. The summed E-state index contributed by atoms with van der Waals surface area (Å²) < 4.78 is 6.52. The van der Waals surface area contributed by atoms with Crippen LogP contribution in [0, 0.1) is 11.8 Å². The molecule has 4 heteroatoms. The Bertz CT molecular complexity index is 707. The topological polar surface area (TPSA) is 41.6 Å². The van der Waals surface area contributed by atoms with Crippen LogP contribution in [-0.4, -0.2) is 35.1 Å². The van der Waals surface area contributed by atoms with Crippen molar-refractivity contribution in [3.05, 3.63) is 35.4 Å². The standard InChI is InChI=1S/C24H34N2O2/c1-2-3-8-28-24-12-18-9-19(13-24)11-23(10-18,17-24)25-14-22(27)26-15-20-6-4-5-7-21(20)16-26/h4-7,18-19,25H,2-3,8-17H2,1H3. The van der Waals surface area contributed by atoms with Gasteiger partial charge in [0, 0.05) is 25.2 Å². The highest BCUT2D eigenvalue weighted by molar-refractivity contribution is 5.79. The molecular weight excluding hydrogens is 348 g/mol. The molecule has 4 aliphatic carbocycles. The molecule has 4 nitrogen and oxygen atoms in total. The molecule has 0 saturated heterocycles. The fourth-order valence-corrected chi connectivity index (χ4v) is 6.87. The molecular formula is C24H34N2O2. The molecule has 5 aliphatic rings.